The SMILES string of the molecule is CC(=O)C(N=Nc1cc(C(=O)Nc2cc(C)ccc2Cl)ccc1Cl)C(=O)Nc1cc(Cl)c(NC(=O)C(N=Nc2cc(C(=O)Nc3cc(C)ccc3Cl)ccc2Cl)C(C)=O)cc1Cl. The van der Waals surface area contributed by atoms with Crippen molar-refractivity contribution >= 4 is 139 Å². The number of halogens is 6. The molecule has 5 aromatic carbocycles. The van der Waals surface area contributed by atoms with E-state index in [-0.39, 0.29) is 54.0 Å². The highest BCUT2D eigenvalue weighted by atomic mass is 35.5. The average Bonchev–Trinajstić information content (AvgIpc) is 3.20. The molecule has 0 radical (unpaired) electrons. The van der Waals surface area contributed by atoms with Crippen molar-refractivity contribution in [3.8, 4) is 0 Å². The minimum atomic E-state index is -1.69. The Bertz CT molecular complexity index is 2530. The zero-order chi connectivity index (χ0) is 45.4. The van der Waals surface area contributed by atoms with Gasteiger partial charge in [0, 0.05) is 11.1 Å². The van der Waals surface area contributed by atoms with E-state index in [0.717, 1.165) is 25.0 Å². The second-order valence-electron chi connectivity index (χ2n) is 13.5. The summed E-state index contributed by atoms with van der Waals surface area (Å²) in [6.45, 7) is 5.90. The molecular weight excluding hydrogens is 925 g/mol. The van der Waals surface area contributed by atoms with E-state index in [9.17, 15) is 28.8 Å². The summed E-state index contributed by atoms with van der Waals surface area (Å²) in [5.41, 5.74) is 2.62. The Balaban J connectivity index is 1.27. The summed E-state index contributed by atoms with van der Waals surface area (Å²) in [6.07, 6.45) is 0. The summed E-state index contributed by atoms with van der Waals surface area (Å²) < 4.78 is 0. The van der Waals surface area contributed by atoms with Gasteiger partial charge in [0.05, 0.1) is 52.9 Å². The Kier molecular flexibility index (Phi) is 15.9. The van der Waals surface area contributed by atoms with Gasteiger partial charge in [-0.25, -0.2) is 0 Å². The molecule has 2 atom stereocenters. The molecule has 0 aliphatic rings. The molecule has 62 heavy (non-hydrogen) atoms. The quantitative estimate of drug-likeness (QED) is 0.0630. The van der Waals surface area contributed by atoms with E-state index in [2.05, 4.69) is 41.7 Å². The molecule has 4 amide bonds. The minimum Gasteiger partial charge on any atom is -0.322 e. The van der Waals surface area contributed by atoms with Crippen LogP contribution < -0.4 is 21.3 Å². The lowest BCUT2D eigenvalue weighted by Gasteiger charge is -2.15. The number of aryl methyl sites for hydroxylation is 2. The van der Waals surface area contributed by atoms with Crippen molar-refractivity contribution in [1.82, 2.24) is 0 Å². The standard InChI is InChI=1S/C42H32Cl6N8O6/c1-19-5-9-25(43)31(13-19)49-39(59)23-7-11-27(45)35(15-23)53-55-37(21(3)57)41(61)51-33-17-30(48)34(18-29(33)47)52-42(62)38(22(4)58)56-54-36-16-24(8-12-28(36)46)40(60)50-32-14-20(2)6-10-26(32)44/h5-18,37-38H,1-4H3,(H,49,59)(H,50,60)(H,51,61)(H,52,62). The van der Waals surface area contributed by atoms with Crippen molar-refractivity contribution in [1.29, 1.82) is 0 Å². The third kappa shape index (κ3) is 12.2. The zero-order valence-electron chi connectivity index (χ0n) is 32.7. The first-order chi connectivity index (χ1) is 29.3. The van der Waals surface area contributed by atoms with Crippen molar-refractivity contribution < 1.29 is 28.8 Å². The van der Waals surface area contributed by atoms with Gasteiger partial charge in [0.2, 0.25) is 12.1 Å². The fraction of sp³-hybridized carbons (Fsp3) is 0.143. The zero-order valence-corrected chi connectivity index (χ0v) is 37.3. The molecule has 0 spiro atoms. The molecule has 318 valence electrons. The number of hydrogen-bond acceptors (Lipinski definition) is 10. The van der Waals surface area contributed by atoms with Crippen LogP contribution in [0.25, 0.3) is 0 Å². The molecular formula is C42H32Cl6N8O6. The van der Waals surface area contributed by atoms with Gasteiger partial charge in [-0.05, 0) is 112 Å². The number of ketones is 2. The third-order valence-electron chi connectivity index (χ3n) is 8.56. The fourth-order valence-corrected chi connectivity index (χ4v) is 6.40. The number of carbonyl (C=O) groups is 6. The number of nitrogens with one attached hydrogen (secondary N) is 4. The second-order valence-corrected chi connectivity index (χ2v) is 15.9. The highest BCUT2D eigenvalue weighted by molar-refractivity contribution is 6.38. The summed E-state index contributed by atoms with van der Waals surface area (Å²) in [5, 5.41) is 26.6. The molecule has 0 saturated carbocycles. The van der Waals surface area contributed by atoms with Gasteiger partial charge in [0.25, 0.3) is 23.6 Å². The Hall–Kier alpha value is -5.74. The number of carbonyl (C=O) groups excluding carboxylic acids is 6. The normalized spacial score (nSPS) is 12.2. The first kappa shape index (κ1) is 47.3. The van der Waals surface area contributed by atoms with Crippen LogP contribution in [0.5, 0.6) is 0 Å². The molecule has 0 fully saturated rings. The summed E-state index contributed by atoms with van der Waals surface area (Å²) in [6, 6.07) is 17.6. The van der Waals surface area contributed by atoms with Gasteiger partial charge >= 0.3 is 0 Å². The summed E-state index contributed by atoms with van der Waals surface area (Å²) >= 11 is 37.9. The van der Waals surface area contributed by atoms with Crippen molar-refractivity contribution in [2.75, 3.05) is 21.3 Å². The van der Waals surface area contributed by atoms with Gasteiger partial charge in [0.1, 0.15) is 11.4 Å². The monoisotopic (exact) mass is 954 g/mol. The number of amides is 4. The fourth-order valence-electron chi connectivity index (χ4n) is 5.34. The van der Waals surface area contributed by atoms with Gasteiger partial charge in [0.15, 0.2) is 11.6 Å². The van der Waals surface area contributed by atoms with Crippen LogP contribution in [0.15, 0.2) is 105 Å². The van der Waals surface area contributed by atoms with E-state index in [1.807, 2.05) is 13.8 Å². The summed E-state index contributed by atoms with van der Waals surface area (Å²) in [7, 11) is 0. The van der Waals surface area contributed by atoms with Gasteiger partial charge in [-0.1, -0.05) is 81.7 Å². The molecule has 5 rings (SSSR count). The van der Waals surface area contributed by atoms with E-state index in [4.69, 9.17) is 69.6 Å². The Morgan fingerprint density at radius 2 is 0.774 bits per heavy atom. The molecule has 5 aromatic rings. The van der Waals surface area contributed by atoms with Crippen LogP contribution in [0.1, 0.15) is 45.7 Å². The van der Waals surface area contributed by atoms with Gasteiger partial charge in [-0.3, -0.25) is 28.8 Å². The van der Waals surface area contributed by atoms with Gasteiger partial charge in [-0.15, -0.1) is 0 Å². The molecule has 0 aromatic heterocycles. The van der Waals surface area contributed by atoms with E-state index >= 15 is 0 Å². The maximum Gasteiger partial charge on any atom is 0.258 e. The lowest BCUT2D eigenvalue weighted by Crippen LogP contribution is -2.32. The number of rotatable bonds is 14. The Morgan fingerprint density at radius 3 is 1.13 bits per heavy atom. The molecule has 0 aliphatic heterocycles. The van der Waals surface area contributed by atoms with E-state index in [1.54, 1.807) is 36.4 Å². The predicted molar refractivity (Wildman–Crippen MR) is 243 cm³/mol. The molecule has 0 bridgehead atoms. The van der Waals surface area contributed by atoms with Crippen molar-refractivity contribution in [3.63, 3.8) is 0 Å². The first-order valence-corrected chi connectivity index (χ1v) is 20.3. The predicted octanol–water partition coefficient (Wildman–Crippen LogP) is 12.1. The Labute approximate surface area is 384 Å². The van der Waals surface area contributed by atoms with E-state index < -0.39 is 47.3 Å². The second kappa shape index (κ2) is 20.9. The van der Waals surface area contributed by atoms with Crippen molar-refractivity contribution in [3.05, 3.63) is 137 Å². The molecule has 2 unspecified atom stereocenters. The van der Waals surface area contributed by atoms with Gasteiger partial charge in [-0.2, -0.15) is 20.5 Å². The number of azo groups is 2. The van der Waals surface area contributed by atoms with E-state index in [0.29, 0.717) is 21.4 Å². The smallest absolute Gasteiger partial charge is 0.258 e. The molecule has 4 N–H and O–H groups in total. The van der Waals surface area contributed by atoms with Crippen LogP contribution in [-0.4, -0.2) is 47.3 Å². The first-order valence-electron chi connectivity index (χ1n) is 18.0. The number of benzene rings is 5. The lowest BCUT2D eigenvalue weighted by atomic mass is 10.1. The summed E-state index contributed by atoms with van der Waals surface area (Å²) in [4.78, 5) is 77.7. The molecule has 0 saturated heterocycles. The molecule has 0 heterocycles. The molecule has 20 heteroatoms. The maximum atomic E-state index is 13.3. The number of nitrogens with zero attached hydrogens (tertiary/aromatic N) is 4. The van der Waals surface area contributed by atoms with Crippen LogP contribution in [0, 0.1) is 13.8 Å². The number of hydrogen-bond donors (Lipinski definition) is 4. The highest BCUT2D eigenvalue weighted by Gasteiger charge is 2.27. The topological polar surface area (TPSA) is 200 Å². The highest BCUT2D eigenvalue weighted by Crippen LogP contribution is 2.34. The molecule has 0 aliphatic carbocycles. The molecule has 14 nitrogen and oxygen atoms in total. The van der Waals surface area contributed by atoms with Crippen LogP contribution >= 0.6 is 69.6 Å². The maximum absolute atomic E-state index is 13.3. The number of Topliss-reactive ketones (excluding diaryl/α,β-unsaturated/α-hetero) is 2. The van der Waals surface area contributed by atoms with Crippen LogP contribution in [0.2, 0.25) is 30.1 Å². The largest absolute Gasteiger partial charge is 0.322 e. The lowest BCUT2D eigenvalue weighted by molar-refractivity contribution is -0.127. The number of anilines is 4. The summed E-state index contributed by atoms with van der Waals surface area (Å²) in [5.74, 6) is -4.37. The minimum absolute atomic E-state index is 0.0121. The van der Waals surface area contributed by atoms with Crippen molar-refractivity contribution in [2.45, 2.75) is 39.8 Å². The van der Waals surface area contributed by atoms with Crippen LogP contribution in [-0.2, 0) is 19.2 Å². The Morgan fingerprint density at radius 1 is 0.435 bits per heavy atom. The average molecular weight is 957 g/mol. The third-order valence-corrected chi connectivity index (χ3v) is 10.5. The van der Waals surface area contributed by atoms with Crippen LogP contribution in [0.3, 0.4) is 0 Å². The van der Waals surface area contributed by atoms with Crippen molar-refractivity contribution in [2.24, 2.45) is 20.5 Å². The van der Waals surface area contributed by atoms with E-state index in [1.165, 1.54) is 48.5 Å². The van der Waals surface area contributed by atoms with Crippen LogP contribution in [0.4, 0.5) is 34.1 Å². The van der Waals surface area contributed by atoms with Gasteiger partial charge < -0.3 is 21.3 Å².